The van der Waals surface area contributed by atoms with Crippen LogP contribution in [0.5, 0.6) is 0 Å². The number of H-pyrrole nitrogens is 1. The molecule has 0 aliphatic heterocycles. The Morgan fingerprint density at radius 1 is 1.25 bits per heavy atom. The molecular formula is C13H8ClNO5. The number of aliphatic hydroxyl groups excluding tert-OH is 1. The highest BCUT2D eigenvalue weighted by atomic mass is 35.5. The number of aliphatic hydroxyl groups is 1. The minimum absolute atomic E-state index is 0.214. The van der Waals surface area contributed by atoms with Crippen molar-refractivity contribution < 1.29 is 19.8 Å². The van der Waals surface area contributed by atoms with E-state index in [1.165, 1.54) is 12.3 Å². The Balaban J connectivity index is 2.62. The number of aliphatic carboxylic acids is 1. The summed E-state index contributed by atoms with van der Waals surface area (Å²) in [5.74, 6) is -3.77. The zero-order valence-electron chi connectivity index (χ0n) is 9.88. The van der Waals surface area contributed by atoms with E-state index in [9.17, 15) is 19.5 Å². The summed E-state index contributed by atoms with van der Waals surface area (Å²) in [6, 6.07) is 4.58. The van der Waals surface area contributed by atoms with Gasteiger partial charge in [0.05, 0.1) is 5.56 Å². The molecule has 20 heavy (non-hydrogen) atoms. The molecule has 0 radical (unpaired) electrons. The van der Waals surface area contributed by atoms with Gasteiger partial charge in [0.2, 0.25) is 0 Å². The third-order valence-electron chi connectivity index (χ3n) is 2.60. The summed E-state index contributed by atoms with van der Waals surface area (Å²) in [5.41, 5.74) is -0.275. The van der Waals surface area contributed by atoms with E-state index < -0.39 is 22.9 Å². The molecule has 0 aliphatic carbocycles. The second-order valence-electron chi connectivity index (χ2n) is 3.92. The van der Waals surface area contributed by atoms with Gasteiger partial charge in [-0.05, 0) is 18.2 Å². The lowest BCUT2D eigenvalue weighted by molar-refractivity contribution is -0.146. The lowest BCUT2D eigenvalue weighted by atomic mass is 10.1. The lowest BCUT2D eigenvalue weighted by Crippen LogP contribution is -2.13. The molecule has 0 amide bonds. The first-order valence-electron chi connectivity index (χ1n) is 5.39. The maximum Gasteiger partial charge on any atom is 0.376 e. The minimum Gasteiger partial charge on any atom is -0.507 e. The average molecular weight is 294 g/mol. The second kappa shape index (κ2) is 5.18. The van der Waals surface area contributed by atoms with Gasteiger partial charge in [-0.1, -0.05) is 11.6 Å². The van der Waals surface area contributed by atoms with Gasteiger partial charge < -0.3 is 15.2 Å². The van der Waals surface area contributed by atoms with Gasteiger partial charge in [-0.3, -0.25) is 9.59 Å². The molecule has 2 aromatic rings. The maximum absolute atomic E-state index is 12.1. The number of carbonyl (C=O) groups is 2. The van der Waals surface area contributed by atoms with E-state index in [1.54, 1.807) is 12.1 Å². The summed E-state index contributed by atoms with van der Waals surface area (Å²) in [5, 5.41) is 18.7. The number of aromatic amines is 1. The zero-order valence-corrected chi connectivity index (χ0v) is 10.6. The number of rotatable bonds is 3. The van der Waals surface area contributed by atoms with E-state index in [-0.39, 0.29) is 10.9 Å². The third kappa shape index (κ3) is 2.55. The Kier molecular flexibility index (Phi) is 3.58. The quantitative estimate of drug-likeness (QED) is 0.454. The summed E-state index contributed by atoms with van der Waals surface area (Å²) in [7, 11) is 0. The Morgan fingerprint density at radius 2 is 1.95 bits per heavy atom. The molecule has 0 spiro atoms. The number of fused-ring (bicyclic) bond motifs is 1. The van der Waals surface area contributed by atoms with Crippen LogP contribution in [0, 0.1) is 0 Å². The standard InChI is InChI=1S/C13H8ClNO5/c14-6-1-2-9-7(3-6)12(18)8(5-15-9)10(16)4-11(17)13(19)20/h1-5,16H,(H,15,18)(H,19,20)/b10-4-. The highest BCUT2D eigenvalue weighted by Crippen LogP contribution is 2.16. The van der Waals surface area contributed by atoms with E-state index in [0.29, 0.717) is 16.6 Å². The first-order valence-corrected chi connectivity index (χ1v) is 5.77. The van der Waals surface area contributed by atoms with Crippen LogP contribution in [0.15, 0.2) is 35.3 Å². The van der Waals surface area contributed by atoms with Crippen molar-refractivity contribution in [2.75, 3.05) is 0 Å². The fourth-order valence-corrected chi connectivity index (χ4v) is 1.82. The average Bonchev–Trinajstić information content (AvgIpc) is 2.39. The number of hydrogen-bond acceptors (Lipinski definition) is 4. The molecule has 2 rings (SSSR count). The molecule has 0 fully saturated rings. The van der Waals surface area contributed by atoms with Gasteiger partial charge in [-0.25, -0.2) is 4.79 Å². The summed E-state index contributed by atoms with van der Waals surface area (Å²) in [4.78, 5) is 36.3. The second-order valence-corrected chi connectivity index (χ2v) is 4.36. The molecular weight excluding hydrogens is 286 g/mol. The molecule has 0 saturated carbocycles. The van der Waals surface area contributed by atoms with Gasteiger partial charge in [0, 0.05) is 28.2 Å². The number of ketones is 1. The number of carbonyl (C=O) groups excluding carboxylic acids is 1. The van der Waals surface area contributed by atoms with E-state index in [1.807, 2.05) is 0 Å². The fourth-order valence-electron chi connectivity index (χ4n) is 1.64. The Labute approximate surface area is 116 Å². The SMILES string of the molecule is O=C(O)C(=O)/C=C(\O)c1c[nH]c2ccc(Cl)cc2c1=O. The van der Waals surface area contributed by atoms with E-state index in [0.717, 1.165) is 0 Å². The molecule has 3 N–H and O–H groups in total. The van der Waals surface area contributed by atoms with Crippen LogP contribution in [0.4, 0.5) is 0 Å². The van der Waals surface area contributed by atoms with Crippen molar-refractivity contribution in [3.63, 3.8) is 0 Å². The Hall–Kier alpha value is -2.60. The van der Waals surface area contributed by atoms with Crippen molar-refractivity contribution in [2.45, 2.75) is 0 Å². The summed E-state index contributed by atoms with van der Waals surface area (Å²) < 4.78 is 0. The van der Waals surface area contributed by atoms with Gasteiger partial charge in [0.1, 0.15) is 5.76 Å². The first kappa shape index (κ1) is 13.8. The molecule has 6 nitrogen and oxygen atoms in total. The number of pyridine rings is 1. The highest BCUT2D eigenvalue weighted by Gasteiger charge is 2.14. The van der Waals surface area contributed by atoms with Crippen LogP contribution in [-0.2, 0) is 9.59 Å². The molecule has 0 bridgehead atoms. The van der Waals surface area contributed by atoms with Crippen molar-refractivity contribution >= 4 is 40.0 Å². The normalized spacial score (nSPS) is 11.6. The molecule has 102 valence electrons. The molecule has 1 aromatic heterocycles. The molecule has 0 unspecified atom stereocenters. The number of nitrogens with one attached hydrogen (secondary N) is 1. The molecule has 7 heteroatoms. The number of hydrogen-bond donors (Lipinski definition) is 3. The Bertz CT molecular complexity index is 806. The summed E-state index contributed by atoms with van der Waals surface area (Å²) in [6.07, 6.45) is 1.67. The highest BCUT2D eigenvalue weighted by molar-refractivity contribution is 6.38. The van der Waals surface area contributed by atoms with Crippen molar-refractivity contribution in [3.8, 4) is 0 Å². The predicted octanol–water partition coefficient (Wildman–Crippen LogP) is 1.73. The molecule has 0 aliphatic rings. The molecule has 1 aromatic carbocycles. The number of aromatic nitrogens is 1. The van der Waals surface area contributed by atoms with Gasteiger partial charge in [0.15, 0.2) is 5.43 Å². The van der Waals surface area contributed by atoms with Crippen LogP contribution >= 0.6 is 11.6 Å². The summed E-state index contributed by atoms with van der Waals surface area (Å²) >= 11 is 5.79. The third-order valence-corrected chi connectivity index (χ3v) is 2.83. The van der Waals surface area contributed by atoms with E-state index in [4.69, 9.17) is 16.7 Å². The van der Waals surface area contributed by atoms with Gasteiger partial charge in [-0.15, -0.1) is 0 Å². The minimum atomic E-state index is -1.73. The molecule has 0 saturated heterocycles. The monoisotopic (exact) mass is 293 g/mol. The van der Waals surface area contributed by atoms with Crippen LogP contribution in [0.25, 0.3) is 16.7 Å². The lowest BCUT2D eigenvalue weighted by Gasteiger charge is -2.03. The first-order chi connectivity index (χ1) is 9.40. The molecule has 1 heterocycles. The number of benzene rings is 1. The Morgan fingerprint density at radius 3 is 2.60 bits per heavy atom. The summed E-state index contributed by atoms with van der Waals surface area (Å²) in [6.45, 7) is 0. The van der Waals surface area contributed by atoms with Crippen molar-refractivity contribution in [1.29, 1.82) is 0 Å². The van der Waals surface area contributed by atoms with E-state index in [2.05, 4.69) is 4.98 Å². The van der Waals surface area contributed by atoms with Crippen LogP contribution in [-0.4, -0.2) is 26.9 Å². The van der Waals surface area contributed by atoms with Gasteiger partial charge in [0.25, 0.3) is 5.78 Å². The zero-order chi connectivity index (χ0) is 14.9. The maximum atomic E-state index is 12.1. The predicted molar refractivity (Wildman–Crippen MR) is 72.8 cm³/mol. The smallest absolute Gasteiger partial charge is 0.376 e. The van der Waals surface area contributed by atoms with Gasteiger partial charge in [-0.2, -0.15) is 0 Å². The topological polar surface area (TPSA) is 107 Å². The van der Waals surface area contributed by atoms with Crippen molar-refractivity contribution in [1.82, 2.24) is 4.98 Å². The van der Waals surface area contributed by atoms with Crippen LogP contribution in [0.3, 0.4) is 0 Å². The number of carboxylic acid groups (broad SMARTS) is 1. The van der Waals surface area contributed by atoms with Crippen LogP contribution in [0.1, 0.15) is 5.56 Å². The van der Waals surface area contributed by atoms with Crippen LogP contribution in [0.2, 0.25) is 5.02 Å². The van der Waals surface area contributed by atoms with Crippen molar-refractivity contribution in [3.05, 3.63) is 51.3 Å². The van der Waals surface area contributed by atoms with Gasteiger partial charge >= 0.3 is 5.97 Å². The number of halogens is 1. The van der Waals surface area contributed by atoms with Crippen molar-refractivity contribution in [2.24, 2.45) is 0 Å². The fraction of sp³-hybridized carbons (Fsp3) is 0. The largest absolute Gasteiger partial charge is 0.507 e. The van der Waals surface area contributed by atoms with Crippen LogP contribution < -0.4 is 5.43 Å². The molecule has 0 atom stereocenters. The number of carboxylic acids is 1. The van der Waals surface area contributed by atoms with E-state index >= 15 is 0 Å².